The number of carbonyl (C=O) groups is 2. The summed E-state index contributed by atoms with van der Waals surface area (Å²) in [5, 5.41) is 6.16. The van der Waals surface area contributed by atoms with E-state index in [-0.39, 0.29) is 5.91 Å². The number of benzene rings is 1. The summed E-state index contributed by atoms with van der Waals surface area (Å²) in [6.45, 7) is 2.47. The van der Waals surface area contributed by atoms with Crippen molar-refractivity contribution in [2.45, 2.75) is 13.5 Å². The SMILES string of the molecule is Cc1nn(Cc2ccc(Cl)cc2)c2sc(C(=O)NNC(=O)c3cccnc3)cc12. The zero-order valence-corrected chi connectivity index (χ0v) is 16.9. The first-order valence-corrected chi connectivity index (χ1v) is 9.93. The van der Waals surface area contributed by atoms with Crippen LogP contribution < -0.4 is 10.9 Å². The van der Waals surface area contributed by atoms with E-state index in [4.69, 9.17) is 11.6 Å². The Hall–Kier alpha value is -3.23. The Kier molecular flexibility index (Phi) is 5.28. The molecule has 0 bridgehead atoms. The Morgan fingerprint density at radius 2 is 1.90 bits per heavy atom. The number of carbonyl (C=O) groups excluding carboxylic acids is 2. The lowest BCUT2D eigenvalue weighted by Gasteiger charge is -2.06. The quantitative estimate of drug-likeness (QED) is 0.489. The molecule has 4 aromatic rings. The average molecular weight is 426 g/mol. The number of hydrazine groups is 1. The largest absolute Gasteiger partial charge is 0.279 e. The molecule has 7 nitrogen and oxygen atoms in total. The van der Waals surface area contributed by atoms with Gasteiger partial charge in [0, 0.05) is 22.8 Å². The minimum absolute atomic E-state index is 0.360. The number of aryl methyl sites for hydroxylation is 1. The zero-order chi connectivity index (χ0) is 20.4. The van der Waals surface area contributed by atoms with Crippen molar-refractivity contribution in [3.05, 3.63) is 81.6 Å². The van der Waals surface area contributed by atoms with Gasteiger partial charge in [-0.2, -0.15) is 5.10 Å². The van der Waals surface area contributed by atoms with Crippen LogP contribution in [0.3, 0.4) is 0 Å². The van der Waals surface area contributed by atoms with Crippen LogP contribution in [0.25, 0.3) is 10.2 Å². The number of halogens is 1. The molecule has 3 aromatic heterocycles. The third-order valence-electron chi connectivity index (χ3n) is 4.29. The molecule has 0 fully saturated rings. The number of hydrogen-bond acceptors (Lipinski definition) is 5. The topological polar surface area (TPSA) is 88.9 Å². The first-order valence-electron chi connectivity index (χ1n) is 8.73. The highest BCUT2D eigenvalue weighted by Crippen LogP contribution is 2.29. The molecule has 4 rings (SSSR count). The van der Waals surface area contributed by atoms with Crippen LogP contribution in [0.2, 0.25) is 5.02 Å². The lowest BCUT2D eigenvalue weighted by Crippen LogP contribution is -2.41. The normalized spacial score (nSPS) is 10.8. The van der Waals surface area contributed by atoms with E-state index < -0.39 is 5.91 Å². The number of rotatable bonds is 4. The smallest absolute Gasteiger partial charge is 0.267 e. The van der Waals surface area contributed by atoms with Crippen molar-refractivity contribution in [1.29, 1.82) is 0 Å². The van der Waals surface area contributed by atoms with Gasteiger partial charge in [-0.05, 0) is 42.8 Å². The lowest BCUT2D eigenvalue weighted by atomic mass is 10.2. The van der Waals surface area contributed by atoms with E-state index in [2.05, 4.69) is 20.9 Å². The van der Waals surface area contributed by atoms with Crippen LogP contribution in [0.15, 0.2) is 54.9 Å². The summed E-state index contributed by atoms with van der Waals surface area (Å²) in [5.41, 5.74) is 7.10. The van der Waals surface area contributed by atoms with Crippen LogP contribution in [-0.4, -0.2) is 26.6 Å². The Morgan fingerprint density at radius 1 is 1.14 bits per heavy atom. The molecule has 0 radical (unpaired) electrons. The average Bonchev–Trinajstić information content (AvgIpc) is 3.30. The number of amides is 2. The molecule has 9 heteroatoms. The second-order valence-electron chi connectivity index (χ2n) is 6.35. The van der Waals surface area contributed by atoms with Gasteiger partial charge in [0.2, 0.25) is 0 Å². The highest BCUT2D eigenvalue weighted by molar-refractivity contribution is 7.20. The van der Waals surface area contributed by atoms with Gasteiger partial charge in [0.15, 0.2) is 0 Å². The third kappa shape index (κ3) is 4.13. The van der Waals surface area contributed by atoms with Gasteiger partial charge in [-0.1, -0.05) is 23.7 Å². The van der Waals surface area contributed by atoms with E-state index in [1.165, 1.54) is 17.5 Å². The number of nitrogens with one attached hydrogen (secondary N) is 2. The van der Waals surface area contributed by atoms with Crippen molar-refractivity contribution in [1.82, 2.24) is 25.6 Å². The maximum absolute atomic E-state index is 12.5. The van der Waals surface area contributed by atoms with Gasteiger partial charge >= 0.3 is 0 Å². The van der Waals surface area contributed by atoms with Gasteiger partial charge in [-0.15, -0.1) is 11.3 Å². The first-order chi connectivity index (χ1) is 14.0. The molecule has 0 unspecified atom stereocenters. The molecule has 146 valence electrons. The van der Waals surface area contributed by atoms with E-state index in [9.17, 15) is 9.59 Å². The van der Waals surface area contributed by atoms with E-state index in [0.717, 1.165) is 21.5 Å². The molecular weight excluding hydrogens is 410 g/mol. The molecule has 0 aliphatic heterocycles. The predicted molar refractivity (Wildman–Crippen MR) is 112 cm³/mol. The molecular formula is C20H16ClN5O2S. The van der Waals surface area contributed by atoms with Gasteiger partial charge < -0.3 is 0 Å². The van der Waals surface area contributed by atoms with Crippen molar-refractivity contribution in [3.63, 3.8) is 0 Å². The van der Waals surface area contributed by atoms with Crippen molar-refractivity contribution in [2.75, 3.05) is 0 Å². The van der Waals surface area contributed by atoms with Gasteiger partial charge in [-0.25, -0.2) is 0 Å². The molecule has 3 heterocycles. The van der Waals surface area contributed by atoms with Crippen LogP contribution in [0.1, 0.15) is 31.3 Å². The Balaban J connectivity index is 1.50. The number of aromatic nitrogens is 3. The summed E-state index contributed by atoms with van der Waals surface area (Å²) in [6, 6.07) is 12.6. The van der Waals surface area contributed by atoms with Gasteiger partial charge in [0.1, 0.15) is 4.83 Å². The number of pyridine rings is 1. The molecule has 29 heavy (non-hydrogen) atoms. The maximum atomic E-state index is 12.5. The van der Waals surface area contributed by atoms with Gasteiger partial charge in [0.25, 0.3) is 11.8 Å². The Bertz CT molecular complexity index is 1190. The van der Waals surface area contributed by atoms with Gasteiger partial charge in [-0.3, -0.25) is 30.1 Å². The fourth-order valence-electron chi connectivity index (χ4n) is 2.84. The fraction of sp³-hybridized carbons (Fsp3) is 0.100. The molecule has 2 N–H and O–H groups in total. The third-order valence-corrected chi connectivity index (χ3v) is 5.69. The van der Waals surface area contributed by atoms with Crippen LogP contribution in [0, 0.1) is 6.92 Å². The number of nitrogens with zero attached hydrogens (tertiary/aromatic N) is 3. The second-order valence-corrected chi connectivity index (χ2v) is 7.82. The van der Waals surface area contributed by atoms with Crippen LogP contribution in [0.4, 0.5) is 0 Å². The highest BCUT2D eigenvalue weighted by atomic mass is 35.5. The Labute approximate surface area is 175 Å². The standard InChI is InChI=1S/C20H16ClN5O2S/c1-12-16-9-17(19(28)24-23-18(27)14-3-2-8-22-10-14)29-20(16)26(25-12)11-13-4-6-15(21)7-5-13/h2-10H,11H2,1H3,(H,23,27)(H,24,28). The number of thiophene rings is 1. The highest BCUT2D eigenvalue weighted by Gasteiger charge is 2.17. The Morgan fingerprint density at radius 3 is 2.62 bits per heavy atom. The molecule has 1 aromatic carbocycles. The van der Waals surface area contributed by atoms with E-state index in [1.807, 2.05) is 35.9 Å². The zero-order valence-electron chi connectivity index (χ0n) is 15.3. The van der Waals surface area contributed by atoms with E-state index in [1.54, 1.807) is 24.4 Å². The minimum Gasteiger partial charge on any atom is -0.267 e. The molecule has 0 saturated heterocycles. The lowest BCUT2D eigenvalue weighted by molar-refractivity contribution is 0.0848. The predicted octanol–water partition coefficient (Wildman–Crippen LogP) is 3.58. The van der Waals surface area contributed by atoms with Crippen LogP contribution >= 0.6 is 22.9 Å². The minimum atomic E-state index is -0.433. The fourth-order valence-corrected chi connectivity index (χ4v) is 4.02. The second kappa shape index (κ2) is 8.02. The number of hydrogen-bond donors (Lipinski definition) is 2. The van der Waals surface area contributed by atoms with E-state index in [0.29, 0.717) is 22.0 Å². The first kappa shape index (κ1) is 19.1. The molecule has 0 aliphatic carbocycles. The van der Waals surface area contributed by atoms with Crippen molar-refractivity contribution >= 4 is 45.0 Å². The number of fused-ring (bicyclic) bond motifs is 1. The summed E-state index contributed by atoms with van der Waals surface area (Å²) >= 11 is 7.27. The summed E-state index contributed by atoms with van der Waals surface area (Å²) in [4.78, 5) is 29.8. The maximum Gasteiger partial charge on any atom is 0.279 e. The van der Waals surface area contributed by atoms with Crippen molar-refractivity contribution < 1.29 is 9.59 Å². The summed E-state index contributed by atoms with van der Waals surface area (Å²) in [6.07, 6.45) is 3.00. The van der Waals surface area contributed by atoms with Crippen molar-refractivity contribution in [3.8, 4) is 0 Å². The molecule has 0 spiro atoms. The molecule has 0 aliphatic rings. The molecule has 0 saturated carbocycles. The van der Waals surface area contributed by atoms with Crippen LogP contribution in [-0.2, 0) is 6.54 Å². The monoisotopic (exact) mass is 425 g/mol. The summed E-state index contributed by atoms with van der Waals surface area (Å²) < 4.78 is 1.86. The summed E-state index contributed by atoms with van der Waals surface area (Å²) in [7, 11) is 0. The van der Waals surface area contributed by atoms with E-state index >= 15 is 0 Å². The van der Waals surface area contributed by atoms with Gasteiger partial charge in [0.05, 0.1) is 22.7 Å². The molecule has 0 atom stereocenters. The molecule has 2 amide bonds. The summed E-state index contributed by atoms with van der Waals surface area (Å²) in [5.74, 6) is -0.821. The van der Waals surface area contributed by atoms with Crippen molar-refractivity contribution in [2.24, 2.45) is 0 Å². The van der Waals surface area contributed by atoms with Crippen LogP contribution in [0.5, 0.6) is 0 Å².